The predicted octanol–water partition coefficient (Wildman–Crippen LogP) is 4.26. The van der Waals surface area contributed by atoms with E-state index in [9.17, 15) is 9.59 Å². The summed E-state index contributed by atoms with van der Waals surface area (Å²) in [6.07, 6.45) is 0.238. The summed E-state index contributed by atoms with van der Waals surface area (Å²) < 4.78 is 10.4. The zero-order valence-corrected chi connectivity index (χ0v) is 19.3. The van der Waals surface area contributed by atoms with Gasteiger partial charge in [-0.1, -0.05) is 12.1 Å². The highest BCUT2D eigenvalue weighted by molar-refractivity contribution is 7.09. The molecule has 7 nitrogen and oxygen atoms in total. The smallest absolute Gasteiger partial charge is 0.341 e. The average molecular weight is 442 g/mol. The molecule has 0 saturated heterocycles. The second-order valence-electron chi connectivity index (χ2n) is 7.62. The molecule has 0 aliphatic rings. The molecular formula is C23H27N3O4S. The SMILES string of the molecule is COC(=O)c1cc(CN(C)Cc2csc(CC(=O)Nc3cc(C)ccc3C)n2)oc1C. The maximum Gasteiger partial charge on any atom is 0.341 e. The molecule has 8 heteroatoms. The molecule has 0 radical (unpaired) electrons. The Labute approximate surface area is 186 Å². The van der Waals surface area contributed by atoms with E-state index >= 15 is 0 Å². The van der Waals surface area contributed by atoms with Crippen LogP contribution in [0, 0.1) is 20.8 Å². The second kappa shape index (κ2) is 9.89. The number of rotatable bonds is 8. The Morgan fingerprint density at radius 1 is 1.19 bits per heavy atom. The second-order valence-corrected chi connectivity index (χ2v) is 8.57. The average Bonchev–Trinajstić information content (AvgIpc) is 3.29. The summed E-state index contributed by atoms with van der Waals surface area (Å²) in [5, 5.41) is 5.70. The lowest BCUT2D eigenvalue weighted by Gasteiger charge is -2.13. The van der Waals surface area contributed by atoms with Gasteiger partial charge in [0.05, 0.1) is 25.8 Å². The van der Waals surface area contributed by atoms with E-state index in [1.807, 2.05) is 49.4 Å². The van der Waals surface area contributed by atoms with Crippen LogP contribution < -0.4 is 5.32 Å². The third-order valence-corrected chi connectivity index (χ3v) is 5.71. The Bertz CT molecular complexity index is 1090. The first-order chi connectivity index (χ1) is 14.7. The van der Waals surface area contributed by atoms with Crippen molar-refractivity contribution in [1.82, 2.24) is 9.88 Å². The lowest BCUT2D eigenvalue weighted by atomic mass is 10.1. The van der Waals surface area contributed by atoms with Gasteiger partial charge in [-0.2, -0.15) is 0 Å². The Morgan fingerprint density at radius 2 is 1.97 bits per heavy atom. The molecule has 31 heavy (non-hydrogen) atoms. The van der Waals surface area contributed by atoms with Crippen LogP contribution in [0.25, 0.3) is 0 Å². The van der Waals surface area contributed by atoms with Gasteiger partial charge in [-0.25, -0.2) is 9.78 Å². The molecule has 0 spiro atoms. The Hall–Kier alpha value is -2.97. The Morgan fingerprint density at radius 3 is 2.71 bits per heavy atom. The van der Waals surface area contributed by atoms with Crippen molar-refractivity contribution in [2.24, 2.45) is 0 Å². The highest BCUT2D eigenvalue weighted by atomic mass is 32.1. The van der Waals surface area contributed by atoms with Crippen LogP contribution in [0.3, 0.4) is 0 Å². The highest BCUT2D eigenvalue weighted by Gasteiger charge is 2.17. The van der Waals surface area contributed by atoms with Gasteiger partial charge in [0, 0.05) is 17.6 Å². The number of furan rings is 1. The summed E-state index contributed by atoms with van der Waals surface area (Å²) in [5.41, 5.74) is 4.30. The molecule has 2 aromatic heterocycles. The number of amides is 1. The lowest BCUT2D eigenvalue weighted by molar-refractivity contribution is -0.115. The minimum Gasteiger partial charge on any atom is -0.465 e. The van der Waals surface area contributed by atoms with E-state index in [0.717, 1.165) is 27.5 Å². The molecule has 0 aliphatic heterocycles. The standard InChI is InChI=1S/C23H27N3O4S/c1-14-6-7-15(2)20(8-14)25-21(27)10-22-24-17(13-31-22)11-26(4)12-18-9-19(16(3)30-18)23(28)29-5/h6-9,13H,10-12H2,1-5H3,(H,25,27). The van der Waals surface area contributed by atoms with Gasteiger partial charge in [0.1, 0.15) is 22.1 Å². The number of carbonyl (C=O) groups is 2. The first-order valence-electron chi connectivity index (χ1n) is 9.91. The maximum absolute atomic E-state index is 12.4. The Kier molecular flexibility index (Phi) is 7.25. The summed E-state index contributed by atoms with van der Waals surface area (Å²) in [7, 11) is 3.30. The number of ether oxygens (including phenoxy) is 1. The van der Waals surface area contributed by atoms with E-state index in [4.69, 9.17) is 9.15 Å². The van der Waals surface area contributed by atoms with Crippen LogP contribution >= 0.6 is 11.3 Å². The number of methoxy groups -OCH3 is 1. The number of anilines is 1. The van der Waals surface area contributed by atoms with Gasteiger partial charge in [0.15, 0.2) is 0 Å². The summed E-state index contributed by atoms with van der Waals surface area (Å²) in [6.45, 7) is 6.84. The molecule has 3 rings (SSSR count). The van der Waals surface area contributed by atoms with Gasteiger partial charge in [0.2, 0.25) is 5.91 Å². The minimum atomic E-state index is -0.404. The highest BCUT2D eigenvalue weighted by Crippen LogP contribution is 2.20. The molecule has 1 N–H and O–H groups in total. The van der Waals surface area contributed by atoms with Crippen molar-refractivity contribution in [3.05, 3.63) is 68.6 Å². The van der Waals surface area contributed by atoms with Crippen molar-refractivity contribution in [1.29, 1.82) is 0 Å². The van der Waals surface area contributed by atoms with Gasteiger partial charge in [-0.3, -0.25) is 9.69 Å². The number of nitrogens with zero attached hydrogens (tertiary/aromatic N) is 2. The molecule has 0 aliphatic carbocycles. The third kappa shape index (κ3) is 6.02. The van der Waals surface area contributed by atoms with E-state index in [-0.39, 0.29) is 12.3 Å². The summed E-state index contributed by atoms with van der Waals surface area (Å²) in [5.74, 6) is 0.743. The largest absolute Gasteiger partial charge is 0.465 e. The summed E-state index contributed by atoms with van der Waals surface area (Å²) in [4.78, 5) is 30.8. The molecule has 164 valence electrons. The van der Waals surface area contributed by atoms with Gasteiger partial charge < -0.3 is 14.5 Å². The normalized spacial score (nSPS) is 11.0. The van der Waals surface area contributed by atoms with E-state index in [2.05, 4.69) is 10.3 Å². The number of aryl methyl sites for hydroxylation is 3. The van der Waals surface area contributed by atoms with Crippen molar-refractivity contribution in [2.75, 3.05) is 19.5 Å². The predicted molar refractivity (Wildman–Crippen MR) is 120 cm³/mol. The van der Waals surface area contributed by atoms with Crippen molar-refractivity contribution in [2.45, 2.75) is 40.3 Å². The number of nitrogens with one attached hydrogen (secondary N) is 1. The number of benzene rings is 1. The molecule has 0 bridgehead atoms. The first-order valence-corrected chi connectivity index (χ1v) is 10.8. The molecule has 3 aromatic rings. The van der Waals surface area contributed by atoms with Gasteiger partial charge in [0.25, 0.3) is 0 Å². The van der Waals surface area contributed by atoms with Gasteiger partial charge in [-0.15, -0.1) is 11.3 Å². The van der Waals surface area contributed by atoms with Crippen LogP contribution in [0.5, 0.6) is 0 Å². The fourth-order valence-electron chi connectivity index (χ4n) is 3.24. The van der Waals surface area contributed by atoms with Crippen molar-refractivity contribution in [3.63, 3.8) is 0 Å². The molecule has 1 aromatic carbocycles. The van der Waals surface area contributed by atoms with E-state index in [1.165, 1.54) is 18.4 Å². The zero-order valence-electron chi connectivity index (χ0n) is 18.4. The summed E-state index contributed by atoms with van der Waals surface area (Å²) in [6, 6.07) is 7.70. The quantitative estimate of drug-likeness (QED) is 0.526. The topological polar surface area (TPSA) is 84.7 Å². The van der Waals surface area contributed by atoms with Crippen molar-refractivity contribution < 1.29 is 18.7 Å². The van der Waals surface area contributed by atoms with E-state index in [0.29, 0.717) is 30.2 Å². The van der Waals surface area contributed by atoms with Crippen LogP contribution in [0.4, 0.5) is 5.69 Å². The van der Waals surface area contributed by atoms with Crippen LogP contribution in [0.15, 0.2) is 34.1 Å². The number of hydrogen-bond donors (Lipinski definition) is 1. The molecule has 0 fully saturated rings. The fourth-order valence-corrected chi connectivity index (χ4v) is 4.02. The number of esters is 1. The molecule has 2 heterocycles. The Balaban J connectivity index is 1.55. The van der Waals surface area contributed by atoms with Crippen LogP contribution in [0.1, 0.15) is 43.7 Å². The van der Waals surface area contributed by atoms with Crippen molar-refractivity contribution >= 4 is 28.9 Å². The molecule has 0 unspecified atom stereocenters. The number of hydrogen-bond acceptors (Lipinski definition) is 7. The van der Waals surface area contributed by atoms with Crippen LogP contribution in [0.2, 0.25) is 0 Å². The van der Waals surface area contributed by atoms with E-state index < -0.39 is 5.97 Å². The third-order valence-electron chi connectivity index (χ3n) is 4.81. The van der Waals surface area contributed by atoms with E-state index in [1.54, 1.807) is 13.0 Å². The molecule has 1 amide bonds. The van der Waals surface area contributed by atoms with Gasteiger partial charge >= 0.3 is 5.97 Å². The van der Waals surface area contributed by atoms with Crippen LogP contribution in [-0.2, 0) is 29.0 Å². The zero-order chi connectivity index (χ0) is 22.5. The monoisotopic (exact) mass is 441 g/mol. The maximum atomic E-state index is 12.4. The number of aromatic nitrogens is 1. The molecule has 0 atom stereocenters. The fraction of sp³-hybridized carbons (Fsp3) is 0.348. The number of thiazole rings is 1. The minimum absolute atomic E-state index is 0.0793. The first kappa shape index (κ1) is 22.7. The van der Waals surface area contributed by atoms with Crippen LogP contribution in [-0.4, -0.2) is 35.9 Å². The molecule has 0 saturated carbocycles. The number of carbonyl (C=O) groups excluding carboxylic acids is 2. The summed E-state index contributed by atoms with van der Waals surface area (Å²) >= 11 is 1.47. The van der Waals surface area contributed by atoms with Crippen molar-refractivity contribution in [3.8, 4) is 0 Å². The lowest BCUT2D eigenvalue weighted by Crippen LogP contribution is -2.17. The molecular weight excluding hydrogens is 414 g/mol. The van der Waals surface area contributed by atoms with Gasteiger partial charge in [-0.05, 0) is 51.1 Å².